The van der Waals surface area contributed by atoms with Crippen LogP contribution in [0.4, 0.5) is 0 Å². The third-order valence-corrected chi connectivity index (χ3v) is 2.79. The minimum atomic E-state index is 0.975. The Hall–Kier alpha value is -2.38. The van der Waals surface area contributed by atoms with Crippen LogP contribution >= 0.6 is 0 Å². The second-order valence-electron chi connectivity index (χ2n) is 4.57. The van der Waals surface area contributed by atoms with E-state index in [1.54, 1.807) is 0 Å². The molecule has 1 N–H and O–H groups in total. The van der Waals surface area contributed by atoms with Gasteiger partial charge in [-0.15, -0.1) is 26.3 Å². The van der Waals surface area contributed by atoms with E-state index in [1.165, 1.54) is 22.3 Å². The van der Waals surface area contributed by atoms with Crippen LogP contribution in [-0.4, -0.2) is 14.1 Å². The maximum atomic E-state index is 3.85. The van der Waals surface area contributed by atoms with Crippen molar-refractivity contribution in [2.45, 2.75) is 27.2 Å². The van der Waals surface area contributed by atoms with Gasteiger partial charge in [0.15, 0.2) is 0 Å². The predicted molar refractivity (Wildman–Crippen MR) is 119 cm³/mol. The Balaban J connectivity index is -0.000000464. The molecule has 0 saturated heterocycles. The van der Waals surface area contributed by atoms with Crippen LogP contribution in [-0.2, 0) is 6.42 Å². The molecule has 0 aliphatic carbocycles. The lowest BCUT2D eigenvalue weighted by Gasteiger charge is -2.06. The normalized spacial score (nSPS) is 7.72. The summed E-state index contributed by atoms with van der Waals surface area (Å²) in [4.78, 5) is 0. The zero-order valence-electron chi connectivity index (χ0n) is 16.9. The van der Waals surface area contributed by atoms with Gasteiger partial charge in [-0.25, -0.2) is 0 Å². The second-order valence-corrected chi connectivity index (χ2v) is 4.57. The Bertz CT molecular complexity index is 524. The van der Waals surface area contributed by atoms with Crippen LogP contribution in [0, 0.1) is 6.92 Å². The molecule has 138 valence electrons. The molecule has 2 aromatic carbocycles. The summed E-state index contributed by atoms with van der Waals surface area (Å²) in [7, 11) is 3.75. The van der Waals surface area contributed by atoms with Crippen molar-refractivity contribution in [2.75, 3.05) is 14.1 Å². The van der Waals surface area contributed by atoms with Crippen molar-refractivity contribution in [1.29, 1.82) is 0 Å². The number of rotatable bonds is 3. The SMILES string of the molecule is C=C.C=C.C=Cc1ccccc1Cc1ccc(C)cc1.CC.CNC. The molecule has 0 unspecified atom stereocenters. The topological polar surface area (TPSA) is 12.0 Å². The number of hydrogen-bond acceptors (Lipinski definition) is 1. The van der Waals surface area contributed by atoms with Gasteiger partial charge in [-0.2, -0.15) is 0 Å². The van der Waals surface area contributed by atoms with E-state index in [4.69, 9.17) is 0 Å². The molecule has 0 heterocycles. The average molecular weight is 340 g/mol. The van der Waals surface area contributed by atoms with Gasteiger partial charge < -0.3 is 5.32 Å². The lowest BCUT2D eigenvalue weighted by molar-refractivity contribution is 1.02. The molecule has 25 heavy (non-hydrogen) atoms. The van der Waals surface area contributed by atoms with E-state index in [1.807, 2.05) is 34.0 Å². The van der Waals surface area contributed by atoms with Crippen molar-refractivity contribution in [3.63, 3.8) is 0 Å². The van der Waals surface area contributed by atoms with E-state index in [0.717, 1.165) is 6.42 Å². The molecule has 0 radical (unpaired) electrons. The fourth-order valence-corrected chi connectivity index (χ4v) is 1.82. The first-order chi connectivity index (χ1) is 12.2. The average Bonchev–Trinajstić information content (AvgIpc) is 2.69. The Kier molecular flexibility index (Phi) is 23.8. The van der Waals surface area contributed by atoms with E-state index in [-0.39, 0.29) is 0 Å². The van der Waals surface area contributed by atoms with Gasteiger partial charge in [-0.3, -0.25) is 0 Å². The van der Waals surface area contributed by atoms with Gasteiger partial charge in [0.25, 0.3) is 0 Å². The van der Waals surface area contributed by atoms with Crippen LogP contribution in [0.25, 0.3) is 6.08 Å². The van der Waals surface area contributed by atoms with Crippen LogP contribution in [0.5, 0.6) is 0 Å². The summed E-state index contributed by atoms with van der Waals surface area (Å²) in [5.74, 6) is 0. The fraction of sp³-hybridized carbons (Fsp3) is 0.250. The van der Waals surface area contributed by atoms with Crippen molar-refractivity contribution in [1.82, 2.24) is 5.32 Å². The first-order valence-electron chi connectivity index (χ1n) is 8.55. The Morgan fingerprint density at radius 1 is 0.840 bits per heavy atom. The monoisotopic (exact) mass is 339 g/mol. The third kappa shape index (κ3) is 13.7. The summed E-state index contributed by atoms with van der Waals surface area (Å²) in [6.45, 7) is 22.0. The Morgan fingerprint density at radius 3 is 1.72 bits per heavy atom. The number of nitrogens with one attached hydrogen (secondary N) is 1. The van der Waals surface area contributed by atoms with Crippen molar-refractivity contribution in [2.24, 2.45) is 0 Å². The maximum absolute atomic E-state index is 3.85. The maximum Gasteiger partial charge on any atom is -0.00198 e. The molecule has 1 nitrogen and oxygen atoms in total. The molecule has 0 amide bonds. The minimum absolute atomic E-state index is 0.975. The van der Waals surface area contributed by atoms with Gasteiger partial charge in [-0.05, 0) is 44.1 Å². The fourth-order valence-electron chi connectivity index (χ4n) is 1.82. The Morgan fingerprint density at radius 2 is 1.28 bits per heavy atom. The van der Waals surface area contributed by atoms with Gasteiger partial charge in [-0.1, -0.05) is 80.6 Å². The van der Waals surface area contributed by atoms with Gasteiger partial charge in [0.05, 0.1) is 0 Å². The molecule has 0 atom stereocenters. The van der Waals surface area contributed by atoms with Crippen molar-refractivity contribution >= 4 is 6.08 Å². The standard InChI is InChI=1S/C16H16.C2H7N.C2H6.2C2H4/c1-3-15-6-4-5-7-16(15)12-14-10-8-13(2)9-11-14;1-3-2;3*1-2/h3-11H,1,12H2,2H3;3H,1-2H3;1-2H3;2*1-2H2. The third-order valence-electron chi connectivity index (χ3n) is 2.79. The minimum Gasteiger partial charge on any atom is -0.323 e. The largest absolute Gasteiger partial charge is 0.323 e. The predicted octanol–water partition coefficient (Wildman–Crippen LogP) is 6.70. The molecular formula is C24H37N. The molecule has 0 aromatic heterocycles. The molecule has 2 aromatic rings. The smallest absolute Gasteiger partial charge is 0.00198 e. The van der Waals surface area contributed by atoms with Crippen LogP contribution in [0.3, 0.4) is 0 Å². The molecule has 0 bridgehead atoms. The summed E-state index contributed by atoms with van der Waals surface area (Å²) in [5.41, 5.74) is 5.21. The highest BCUT2D eigenvalue weighted by Crippen LogP contribution is 2.15. The van der Waals surface area contributed by atoms with E-state index < -0.39 is 0 Å². The summed E-state index contributed by atoms with van der Waals surface area (Å²) in [6.07, 6.45) is 2.89. The van der Waals surface area contributed by atoms with E-state index in [0.29, 0.717) is 0 Å². The highest BCUT2D eigenvalue weighted by molar-refractivity contribution is 5.52. The highest BCUT2D eigenvalue weighted by Gasteiger charge is 1.99. The first kappa shape index (κ1) is 27.5. The van der Waals surface area contributed by atoms with Crippen LogP contribution < -0.4 is 5.32 Å². The Labute approximate surface area is 156 Å². The zero-order chi connectivity index (χ0) is 20.1. The van der Waals surface area contributed by atoms with Crippen LogP contribution in [0.15, 0.2) is 81.4 Å². The molecule has 0 aliphatic rings. The van der Waals surface area contributed by atoms with Gasteiger partial charge in [0.1, 0.15) is 0 Å². The summed E-state index contributed by atoms with van der Waals surface area (Å²) in [5, 5.41) is 2.75. The molecule has 0 fully saturated rings. The first-order valence-corrected chi connectivity index (χ1v) is 8.55. The van der Waals surface area contributed by atoms with E-state index in [2.05, 4.69) is 93.7 Å². The van der Waals surface area contributed by atoms with Gasteiger partial charge in [0.2, 0.25) is 0 Å². The highest BCUT2D eigenvalue weighted by atomic mass is 14.7. The number of aryl methyl sites for hydroxylation is 1. The quantitative estimate of drug-likeness (QED) is 0.614. The van der Waals surface area contributed by atoms with Crippen LogP contribution in [0.2, 0.25) is 0 Å². The van der Waals surface area contributed by atoms with Crippen molar-refractivity contribution in [3.8, 4) is 0 Å². The lowest BCUT2D eigenvalue weighted by atomic mass is 9.99. The number of benzene rings is 2. The molecule has 0 aliphatic heterocycles. The summed E-state index contributed by atoms with van der Waals surface area (Å²) >= 11 is 0. The molecular weight excluding hydrogens is 302 g/mol. The summed E-state index contributed by atoms with van der Waals surface area (Å²) < 4.78 is 0. The number of hydrogen-bond donors (Lipinski definition) is 1. The molecule has 0 saturated carbocycles. The zero-order valence-corrected chi connectivity index (χ0v) is 16.9. The van der Waals surface area contributed by atoms with E-state index in [9.17, 15) is 0 Å². The van der Waals surface area contributed by atoms with Crippen molar-refractivity contribution < 1.29 is 0 Å². The molecule has 1 heteroatoms. The van der Waals surface area contributed by atoms with Gasteiger partial charge >= 0.3 is 0 Å². The lowest BCUT2D eigenvalue weighted by Crippen LogP contribution is -1.91. The molecule has 0 spiro atoms. The van der Waals surface area contributed by atoms with Gasteiger partial charge in [0, 0.05) is 0 Å². The van der Waals surface area contributed by atoms with Crippen LogP contribution in [0.1, 0.15) is 36.1 Å². The van der Waals surface area contributed by atoms with Crippen molar-refractivity contribution in [3.05, 3.63) is 104 Å². The molecule has 2 rings (SSSR count). The second kappa shape index (κ2) is 21.6. The summed E-state index contributed by atoms with van der Waals surface area (Å²) in [6, 6.07) is 17.1. The van der Waals surface area contributed by atoms with E-state index >= 15 is 0 Å².